The van der Waals surface area contributed by atoms with Gasteiger partial charge in [-0.15, -0.1) is 12.4 Å². The summed E-state index contributed by atoms with van der Waals surface area (Å²) >= 11 is 0. The van der Waals surface area contributed by atoms with Crippen molar-refractivity contribution in [1.82, 2.24) is 10.2 Å². The van der Waals surface area contributed by atoms with Crippen molar-refractivity contribution in [3.8, 4) is 0 Å². The molecule has 1 saturated carbocycles. The number of nitrogens with one attached hydrogen (secondary N) is 1. The van der Waals surface area contributed by atoms with Crippen molar-refractivity contribution < 1.29 is 0 Å². The molecule has 0 spiro atoms. The Kier molecular flexibility index (Phi) is 6.25. The van der Waals surface area contributed by atoms with Gasteiger partial charge in [0.15, 0.2) is 0 Å². The second-order valence-corrected chi connectivity index (χ2v) is 6.25. The standard InChI is InChI=1S/C14H28N2.ClH/c1-11-5-4-6-14(7-11)10-16-9-12(2)15-8-13(16)3;/h11-15H,4-10H2,1-3H3;1H. The number of nitrogens with zero attached hydrogens (tertiary/aromatic N) is 1. The first-order chi connectivity index (χ1) is 7.65. The van der Waals surface area contributed by atoms with Gasteiger partial charge < -0.3 is 5.32 Å². The van der Waals surface area contributed by atoms with Crippen LogP contribution in [-0.2, 0) is 0 Å². The van der Waals surface area contributed by atoms with Crippen LogP contribution in [0.25, 0.3) is 0 Å². The maximum Gasteiger partial charge on any atom is 0.0193 e. The van der Waals surface area contributed by atoms with Crippen LogP contribution in [0.1, 0.15) is 46.5 Å². The Balaban J connectivity index is 0.00000144. The van der Waals surface area contributed by atoms with Crippen LogP contribution in [0.15, 0.2) is 0 Å². The van der Waals surface area contributed by atoms with Gasteiger partial charge in [0.25, 0.3) is 0 Å². The molecule has 1 N–H and O–H groups in total. The second-order valence-electron chi connectivity index (χ2n) is 6.25. The summed E-state index contributed by atoms with van der Waals surface area (Å²) in [4.78, 5) is 2.71. The summed E-state index contributed by atoms with van der Waals surface area (Å²) in [5.41, 5.74) is 0. The van der Waals surface area contributed by atoms with Crippen LogP contribution in [0.2, 0.25) is 0 Å². The summed E-state index contributed by atoms with van der Waals surface area (Å²) in [5, 5.41) is 3.57. The number of rotatable bonds is 2. The zero-order valence-corrected chi connectivity index (χ0v) is 12.4. The highest BCUT2D eigenvalue weighted by molar-refractivity contribution is 5.85. The lowest BCUT2D eigenvalue weighted by Gasteiger charge is -2.40. The maximum atomic E-state index is 3.57. The number of hydrogen-bond donors (Lipinski definition) is 1. The van der Waals surface area contributed by atoms with Gasteiger partial charge >= 0.3 is 0 Å². The van der Waals surface area contributed by atoms with E-state index in [0.717, 1.165) is 17.9 Å². The van der Waals surface area contributed by atoms with Gasteiger partial charge in [0.05, 0.1) is 0 Å². The maximum absolute atomic E-state index is 3.57. The molecule has 17 heavy (non-hydrogen) atoms. The normalized spacial score (nSPS) is 39.7. The minimum Gasteiger partial charge on any atom is -0.311 e. The molecular weight excluding hydrogens is 232 g/mol. The van der Waals surface area contributed by atoms with Gasteiger partial charge in [0, 0.05) is 31.7 Å². The summed E-state index contributed by atoms with van der Waals surface area (Å²) in [5.74, 6) is 1.94. The third kappa shape index (κ3) is 4.42. The molecule has 4 atom stereocenters. The topological polar surface area (TPSA) is 15.3 Å². The molecule has 1 aliphatic heterocycles. The molecule has 2 aliphatic rings. The Bertz CT molecular complexity index is 222. The van der Waals surface area contributed by atoms with Crippen molar-refractivity contribution in [2.45, 2.75) is 58.5 Å². The lowest BCUT2D eigenvalue weighted by atomic mass is 9.82. The quantitative estimate of drug-likeness (QED) is 0.821. The van der Waals surface area contributed by atoms with E-state index in [-0.39, 0.29) is 12.4 Å². The molecule has 1 heterocycles. The molecule has 0 amide bonds. The number of piperazine rings is 1. The number of hydrogen-bond acceptors (Lipinski definition) is 2. The van der Waals surface area contributed by atoms with Crippen LogP contribution >= 0.6 is 12.4 Å². The monoisotopic (exact) mass is 260 g/mol. The van der Waals surface area contributed by atoms with E-state index in [1.807, 2.05) is 0 Å². The average Bonchev–Trinajstić information content (AvgIpc) is 2.24. The highest BCUT2D eigenvalue weighted by Gasteiger charge is 2.26. The number of halogens is 1. The molecule has 2 rings (SSSR count). The predicted molar refractivity (Wildman–Crippen MR) is 76.9 cm³/mol. The summed E-state index contributed by atoms with van der Waals surface area (Å²) in [6.07, 6.45) is 5.85. The van der Waals surface area contributed by atoms with Gasteiger partial charge in [-0.2, -0.15) is 0 Å². The van der Waals surface area contributed by atoms with Crippen molar-refractivity contribution >= 4 is 12.4 Å². The van der Waals surface area contributed by atoms with Gasteiger partial charge in [0.1, 0.15) is 0 Å². The zero-order chi connectivity index (χ0) is 11.5. The Morgan fingerprint density at radius 1 is 1.18 bits per heavy atom. The van der Waals surface area contributed by atoms with Crippen molar-refractivity contribution in [2.75, 3.05) is 19.6 Å². The fourth-order valence-electron chi connectivity index (χ4n) is 3.41. The van der Waals surface area contributed by atoms with Crippen LogP contribution in [0.3, 0.4) is 0 Å². The molecule has 102 valence electrons. The predicted octanol–water partition coefficient (Wildman–Crippen LogP) is 2.92. The first kappa shape index (κ1) is 15.3. The minimum atomic E-state index is 0. The molecule has 0 aromatic heterocycles. The fourth-order valence-corrected chi connectivity index (χ4v) is 3.41. The molecule has 1 saturated heterocycles. The van der Waals surface area contributed by atoms with E-state index in [2.05, 4.69) is 31.0 Å². The summed E-state index contributed by atoms with van der Waals surface area (Å²) in [6, 6.07) is 1.41. The Labute approximate surface area is 113 Å². The molecule has 2 fully saturated rings. The van der Waals surface area contributed by atoms with Crippen molar-refractivity contribution in [2.24, 2.45) is 11.8 Å². The van der Waals surface area contributed by atoms with Crippen molar-refractivity contribution in [1.29, 1.82) is 0 Å². The minimum absolute atomic E-state index is 0. The molecule has 2 nitrogen and oxygen atoms in total. The lowest BCUT2D eigenvalue weighted by Crippen LogP contribution is -2.55. The SMILES string of the molecule is CC1CCCC(CN2CC(C)NCC2C)C1.Cl. The van der Waals surface area contributed by atoms with Crippen LogP contribution in [-0.4, -0.2) is 36.6 Å². The van der Waals surface area contributed by atoms with E-state index < -0.39 is 0 Å². The van der Waals surface area contributed by atoms with Gasteiger partial charge in [-0.25, -0.2) is 0 Å². The molecule has 4 unspecified atom stereocenters. The first-order valence-corrected chi connectivity index (χ1v) is 7.12. The largest absolute Gasteiger partial charge is 0.311 e. The molecule has 0 bridgehead atoms. The van der Waals surface area contributed by atoms with Gasteiger partial charge in [0.2, 0.25) is 0 Å². The van der Waals surface area contributed by atoms with Crippen LogP contribution < -0.4 is 5.32 Å². The molecule has 0 aromatic rings. The van der Waals surface area contributed by atoms with E-state index >= 15 is 0 Å². The van der Waals surface area contributed by atoms with Gasteiger partial charge in [-0.1, -0.05) is 19.8 Å². The van der Waals surface area contributed by atoms with Crippen LogP contribution in [0, 0.1) is 11.8 Å². The molecule has 0 radical (unpaired) electrons. The van der Waals surface area contributed by atoms with E-state index in [1.54, 1.807) is 0 Å². The third-order valence-electron chi connectivity index (χ3n) is 4.43. The molecule has 1 aliphatic carbocycles. The fraction of sp³-hybridized carbons (Fsp3) is 1.00. The van der Waals surface area contributed by atoms with Gasteiger partial charge in [-0.3, -0.25) is 4.90 Å². The molecule has 3 heteroatoms. The molecule has 0 aromatic carbocycles. The van der Waals surface area contributed by atoms with Crippen molar-refractivity contribution in [3.05, 3.63) is 0 Å². The zero-order valence-electron chi connectivity index (χ0n) is 11.6. The highest BCUT2D eigenvalue weighted by Crippen LogP contribution is 2.29. The lowest BCUT2D eigenvalue weighted by molar-refractivity contribution is 0.105. The van der Waals surface area contributed by atoms with Gasteiger partial charge in [-0.05, 0) is 38.5 Å². The Morgan fingerprint density at radius 3 is 2.65 bits per heavy atom. The Hall–Kier alpha value is 0.210. The summed E-state index contributed by atoms with van der Waals surface area (Å²) < 4.78 is 0. The average molecular weight is 261 g/mol. The van der Waals surface area contributed by atoms with E-state index in [0.29, 0.717) is 6.04 Å². The summed E-state index contributed by atoms with van der Waals surface area (Å²) in [7, 11) is 0. The van der Waals surface area contributed by atoms with E-state index in [4.69, 9.17) is 0 Å². The highest BCUT2D eigenvalue weighted by atomic mass is 35.5. The smallest absolute Gasteiger partial charge is 0.0193 e. The third-order valence-corrected chi connectivity index (χ3v) is 4.43. The Morgan fingerprint density at radius 2 is 1.94 bits per heavy atom. The first-order valence-electron chi connectivity index (χ1n) is 7.12. The van der Waals surface area contributed by atoms with Crippen LogP contribution in [0.4, 0.5) is 0 Å². The summed E-state index contributed by atoms with van der Waals surface area (Å²) in [6.45, 7) is 10.9. The molecular formula is C14H29ClN2. The second kappa shape index (κ2) is 6.96. The van der Waals surface area contributed by atoms with Crippen LogP contribution in [0.5, 0.6) is 0 Å². The van der Waals surface area contributed by atoms with E-state index in [9.17, 15) is 0 Å². The van der Waals surface area contributed by atoms with Crippen molar-refractivity contribution in [3.63, 3.8) is 0 Å². The van der Waals surface area contributed by atoms with E-state index in [1.165, 1.54) is 45.3 Å².